The van der Waals surface area contributed by atoms with E-state index in [1.54, 1.807) is 0 Å². The summed E-state index contributed by atoms with van der Waals surface area (Å²) in [5.74, 6) is 1.40. The summed E-state index contributed by atoms with van der Waals surface area (Å²) in [4.78, 5) is 0. The van der Waals surface area contributed by atoms with Crippen molar-refractivity contribution in [2.75, 3.05) is 6.61 Å². The van der Waals surface area contributed by atoms with Crippen molar-refractivity contribution in [2.45, 2.75) is 44.9 Å². The van der Waals surface area contributed by atoms with Crippen LogP contribution in [0.4, 0.5) is 0 Å². The van der Waals surface area contributed by atoms with E-state index in [-0.39, 0.29) is 12.0 Å². The minimum absolute atomic E-state index is 0.157. The lowest BCUT2D eigenvalue weighted by atomic mass is 9.62. The molecule has 0 amide bonds. The van der Waals surface area contributed by atoms with Gasteiger partial charge in [-0.1, -0.05) is 0 Å². The maximum Gasteiger partial charge on any atom is 0.159 e. The highest BCUT2D eigenvalue weighted by Gasteiger charge is 2.45. The molecule has 0 aromatic heterocycles. The Hall–Kier alpha value is -0.120. The standard InChI is InChI=1S/C11H21NO2/c1-2-14-11(13)9-7-3-5-8(6-4-7)10(9)12/h7-11,13H,2-6,12H2,1H3/t7-,8+,9?,10?,11?. The van der Waals surface area contributed by atoms with Crippen LogP contribution < -0.4 is 5.73 Å². The largest absolute Gasteiger partial charge is 0.368 e. The van der Waals surface area contributed by atoms with Gasteiger partial charge in [-0.05, 0) is 44.4 Å². The molecule has 3 heteroatoms. The van der Waals surface area contributed by atoms with Crippen LogP contribution in [0.3, 0.4) is 0 Å². The second kappa shape index (κ2) is 4.17. The first-order valence-electron chi connectivity index (χ1n) is 5.79. The molecule has 3 rings (SSSR count). The zero-order valence-corrected chi connectivity index (χ0v) is 8.86. The third kappa shape index (κ3) is 1.69. The van der Waals surface area contributed by atoms with Crippen molar-refractivity contribution < 1.29 is 9.84 Å². The van der Waals surface area contributed by atoms with Crippen LogP contribution in [-0.2, 0) is 4.74 Å². The molecule has 0 aromatic rings. The number of nitrogens with two attached hydrogens (primary N) is 1. The summed E-state index contributed by atoms with van der Waals surface area (Å²) >= 11 is 0. The maximum absolute atomic E-state index is 9.86. The van der Waals surface area contributed by atoms with Gasteiger partial charge in [-0.3, -0.25) is 0 Å². The third-order valence-corrected chi connectivity index (χ3v) is 4.02. The molecule has 3 N–H and O–H groups in total. The zero-order valence-electron chi connectivity index (χ0n) is 8.86. The minimum atomic E-state index is -0.636. The van der Waals surface area contributed by atoms with E-state index in [2.05, 4.69) is 0 Å². The number of hydrogen-bond donors (Lipinski definition) is 2. The van der Waals surface area contributed by atoms with E-state index >= 15 is 0 Å². The van der Waals surface area contributed by atoms with E-state index in [0.717, 1.165) is 0 Å². The molecule has 14 heavy (non-hydrogen) atoms. The van der Waals surface area contributed by atoms with Crippen LogP contribution in [-0.4, -0.2) is 24.0 Å². The molecule has 0 aliphatic heterocycles. The van der Waals surface area contributed by atoms with Crippen molar-refractivity contribution in [2.24, 2.45) is 23.5 Å². The highest BCUT2D eigenvalue weighted by Crippen LogP contribution is 2.45. The Morgan fingerprint density at radius 1 is 1.29 bits per heavy atom. The van der Waals surface area contributed by atoms with Crippen molar-refractivity contribution in [3.8, 4) is 0 Å². The molecule has 3 nitrogen and oxygen atoms in total. The van der Waals surface area contributed by atoms with Crippen molar-refractivity contribution in [1.82, 2.24) is 0 Å². The van der Waals surface area contributed by atoms with Crippen LogP contribution in [0.2, 0.25) is 0 Å². The molecule has 3 unspecified atom stereocenters. The summed E-state index contributed by atoms with van der Waals surface area (Å²) in [5, 5.41) is 9.86. The maximum atomic E-state index is 9.86. The predicted molar refractivity (Wildman–Crippen MR) is 54.5 cm³/mol. The molecule has 3 saturated carbocycles. The van der Waals surface area contributed by atoms with Crippen LogP contribution in [0.1, 0.15) is 32.6 Å². The summed E-state index contributed by atoms with van der Waals surface area (Å²) in [6.45, 7) is 2.48. The molecular formula is C11H21NO2. The van der Waals surface area contributed by atoms with E-state index in [0.29, 0.717) is 18.4 Å². The van der Waals surface area contributed by atoms with Gasteiger partial charge in [-0.15, -0.1) is 0 Å². The summed E-state index contributed by atoms with van der Waals surface area (Å²) in [7, 11) is 0. The Morgan fingerprint density at radius 2 is 1.86 bits per heavy atom. The van der Waals surface area contributed by atoms with Gasteiger partial charge in [0.05, 0.1) is 0 Å². The SMILES string of the molecule is CCOC(O)C1C(N)[C@H]2CC[C@@H]1CC2. The smallest absolute Gasteiger partial charge is 0.159 e. The van der Waals surface area contributed by atoms with Gasteiger partial charge in [-0.25, -0.2) is 0 Å². The van der Waals surface area contributed by atoms with E-state index in [1.807, 2.05) is 6.92 Å². The monoisotopic (exact) mass is 199 g/mol. The molecule has 0 aromatic carbocycles. The third-order valence-electron chi connectivity index (χ3n) is 4.02. The van der Waals surface area contributed by atoms with Crippen LogP contribution in [0.15, 0.2) is 0 Å². The highest BCUT2D eigenvalue weighted by molar-refractivity contribution is 4.96. The molecular weight excluding hydrogens is 178 g/mol. The van der Waals surface area contributed by atoms with E-state index < -0.39 is 6.29 Å². The first kappa shape index (κ1) is 10.4. The lowest BCUT2D eigenvalue weighted by Gasteiger charge is -2.48. The fourth-order valence-electron chi connectivity index (χ4n) is 3.25. The highest BCUT2D eigenvalue weighted by atomic mass is 16.6. The molecule has 82 valence electrons. The van der Waals surface area contributed by atoms with Crippen LogP contribution >= 0.6 is 0 Å². The topological polar surface area (TPSA) is 55.5 Å². The lowest BCUT2D eigenvalue weighted by molar-refractivity contribution is -0.170. The number of ether oxygens (including phenoxy) is 1. The zero-order chi connectivity index (χ0) is 10.1. The molecule has 0 radical (unpaired) electrons. The van der Waals surface area contributed by atoms with Crippen molar-refractivity contribution >= 4 is 0 Å². The molecule has 3 fully saturated rings. The number of hydrogen-bond acceptors (Lipinski definition) is 3. The Bertz CT molecular complexity index is 188. The Morgan fingerprint density at radius 3 is 2.36 bits per heavy atom. The molecule has 0 heterocycles. The van der Waals surface area contributed by atoms with Gasteiger partial charge >= 0.3 is 0 Å². The minimum Gasteiger partial charge on any atom is -0.368 e. The van der Waals surface area contributed by atoms with Crippen molar-refractivity contribution in [3.63, 3.8) is 0 Å². The van der Waals surface area contributed by atoms with Gasteiger partial charge in [0.15, 0.2) is 6.29 Å². The second-order valence-corrected chi connectivity index (χ2v) is 4.68. The first-order valence-corrected chi connectivity index (χ1v) is 5.79. The second-order valence-electron chi connectivity index (χ2n) is 4.68. The van der Waals surface area contributed by atoms with Crippen LogP contribution in [0.25, 0.3) is 0 Å². The van der Waals surface area contributed by atoms with Gasteiger partial charge in [0.1, 0.15) is 0 Å². The van der Waals surface area contributed by atoms with Gasteiger partial charge in [0.25, 0.3) is 0 Å². The Kier molecular flexibility index (Phi) is 3.10. The van der Waals surface area contributed by atoms with Gasteiger partial charge in [-0.2, -0.15) is 0 Å². The quantitative estimate of drug-likeness (QED) is 0.669. The average molecular weight is 199 g/mol. The lowest BCUT2D eigenvalue weighted by Crippen LogP contribution is -2.54. The van der Waals surface area contributed by atoms with E-state index in [1.165, 1.54) is 25.7 Å². The number of aliphatic hydroxyl groups is 1. The normalized spacial score (nSPS) is 43.9. The van der Waals surface area contributed by atoms with Gasteiger partial charge in [0, 0.05) is 18.6 Å². The van der Waals surface area contributed by atoms with Gasteiger partial charge < -0.3 is 15.6 Å². The fraction of sp³-hybridized carbons (Fsp3) is 1.00. The van der Waals surface area contributed by atoms with Crippen molar-refractivity contribution in [1.29, 1.82) is 0 Å². The van der Waals surface area contributed by atoms with Crippen LogP contribution in [0, 0.1) is 17.8 Å². The van der Waals surface area contributed by atoms with Crippen molar-refractivity contribution in [3.05, 3.63) is 0 Å². The molecule has 0 saturated heterocycles. The molecule has 3 aliphatic carbocycles. The Balaban J connectivity index is 2.03. The molecule has 3 aliphatic rings. The van der Waals surface area contributed by atoms with E-state index in [9.17, 15) is 5.11 Å². The fourth-order valence-corrected chi connectivity index (χ4v) is 3.25. The van der Waals surface area contributed by atoms with Gasteiger partial charge in [0.2, 0.25) is 0 Å². The molecule has 0 spiro atoms. The number of aliphatic hydroxyl groups excluding tert-OH is 1. The molecule has 3 atom stereocenters. The van der Waals surface area contributed by atoms with E-state index in [4.69, 9.17) is 10.5 Å². The first-order chi connectivity index (χ1) is 6.74. The summed E-state index contributed by atoms with van der Waals surface area (Å²) in [6, 6.07) is 0.157. The predicted octanol–water partition coefficient (Wildman–Crippen LogP) is 1.10. The number of rotatable bonds is 3. The summed E-state index contributed by atoms with van der Waals surface area (Å²) < 4.78 is 5.28. The average Bonchev–Trinajstić information content (AvgIpc) is 2.19. The van der Waals surface area contributed by atoms with Crippen LogP contribution in [0.5, 0.6) is 0 Å². The number of fused-ring (bicyclic) bond motifs is 3. The molecule has 2 bridgehead atoms. The summed E-state index contributed by atoms with van der Waals surface area (Å²) in [5.41, 5.74) is 6.16. The Labute approximate surface area is 85.6 Å². The summed E-state index contributed by atoms with van der Waals surface area (Å²) in [6.07, 6.45) is 4.32.